The summed E-state index contributed by atoms with van der Waals surface area (Å²) in [6.07, 6.45) is 1.86. The Hall–Kier alpha value is -1.15. The van der Waals surface area contributed by atoms with E-state index in [0.29, 0.717) is 15.9 Å². The van der Waals surface area contributed by atoms with Gasteiger partial charge in [0.05, 0.1) is 11.6 Å². The number of carbonyl (C=O) groups excluding carboxylic acids is 1. The van der Waals surface area contributed by atoms with Gasteiger partial charge in [-0.3, -0.25) is 9.69 Å². The second-order valence-corrected chi connectivity index (χ2v) is 8.52. The maximum absolute atomic E-state index is 12.6. The molecule has 0 radical (unpaired) electrons. The van der Waals surface area contributed by atoms with Gasteiger partial charge in [0.25, 0.3) is 5.91 Å². The number of halogens is 2. The molecule has 1 aliphatic heterocycles. The number of amides is 1. The van der Waals surface area contributed by atoms with Crippen LogP contribution in [0.2, 0.25) is 0 Å². The molecule has 0 spiro atoms. The van der Waals surface area contributed by atoms with Gasteiger partial charge in [0.15, 0.2) is 0 Å². The Bertz CT molecular complexity index is 839. The number of nitrogens with one attached hydrogen (secondary N) is 1. The highest BCUT2D eigenvalue weighted by Crippen LogP contribution is 2.32. The van der Waals surface area contributed by atoms with Crippen LogP contribution >= 0.6 is 55.8 Å². The SMILES string of the molecule is O=C1C(=Cc2cccc(Br)c2)SC(=S)N1CNc1cccc(Br)c1. The van der Waals surface area contributed by atoms with Gasteiger partial charge in [0.2, 0.25) is 0 Å². The fourth-order valence-electron chi connectivity index (χ4n) is 2.15. The van der Waals surface area contributed by atoms with E-state index >= 15 is 0 Å². The van der Waals surface area contributed by atoms with E-state index in [9.17, 15) is 4.79 Å². The molecule has 2 aromatic carbocycles. The van der Waals surface area contributed by atoms with Crippen molar-refractivity contribution in [1.82, 2.24) is 4.90 Å². The summed E-state index contributed by atoms with van der Waals surface area (Å²) in [7, 11) is 0. The van der Waals surface area contributed by atoms with Crippen molar-refractivity contribution in [3.63, 3.8) is 0 Å². The van der Waals surface area contributed by atoms with E-state index in [1.54, 1.807) is 4.90 Å². The molecule has 1 amide bonds. The molecule has 2 aromatic rings. The van der Waals surface area contributed by atoms with Gasteiger partial charge in [-0.25, -0.2) is 0 Å². The summed E-state index contributed by atoms with van der Waals surface area (Å²) in [6.45, 7) is 0.344. The molecule has 7 heteroatoms. The lowest BCUT2D eigenvalue weighted by molar-refractivity contribution is -0.121. The van der Waals surface area contributed by atoms with Gasteiger partial charge in [0.1, 0.15) is 4.32 Å². The zero-order chi connectivity index (χ0) is 17.1. The second kappa shape index (κ2) is 7.82. The molecule has 1 aliphatic rings. The Kier molecular flexibility index (Phi) is 5.76. The van der Waals surface area contributed by atoms with Gasteiger partial charge in [-0.05, 0) is 42.0 Å². The first-order valence-electron chi connectivity index (χ1n) is 7.03. The van der Waals surface area contributed by atoms with Crippen LogP contribution in [0.4, 0.5) is 5.69 Å². The molecule has 3 rings (SSSR count). The van der Waals surface area contributed by atoms with Gasteiger partial charge >= 0.3 is 0 Å². The molecule has 122 valence electrons. The van der Waals surface area contributed by atoms with Crippen LogP contribution in [0.5, 0.6) is 0 Å². The van der Waals surface area contributed by atoms with Crippen molar-refractivity contribution in [2.24, 2.45) is 0 Å². The van der Waals surface area contributed by atoms with Crippen LogP contribution in [0.1, 0.15) is 5.56 Å². The molecule has 0 bridgehead atoms. The first-order valence-corrected chi connectivity index (χ1v) is 9.84. The van der Waals surface area contributed by atoms with Crippen LogP contribution in [0.15, 0.2) is 62.4 Å². The van der Waals surface area contributed by atoms with Gasteiger partial charge in [0, 0.05) is 14.6 Å². The third-order valence-electron chi connectivity index (χ3n) is 3.29. The van der Waals surface area contributed by atoms with Crippen molar-refractivity contribution in [1.29, 1.82) is 0 Å². The van der Waals surface area contributed by atoms with E-state index in [2.05, 4.69) is 37.2 Å². The van der Waals surface area contributed by atoms with Crippen LogP contribution in [-0.4, -0.2) is 21.8 Å². The minimum Gasteiger partial charge on any atom is -0.367 e. The zero-order valence-electron chi connectivity index (χ0n) is 12.3. The van der Waals surface area contributed by atoms with E-state index in [0.717, 1.165) is 20.2 Å². The van der Waals surface area contributed by atoms with Gasteiger partial charge < -0.3 is 5.32 Å². The van der Waals surface area contributed by atoms with Crippen molar-refractivity contribution < 1.29 is 4.79 Å². The normalized spacial score (nSPS) is 16.1. The molecule has 1 N–H and O–H groups in total. The smallest absolute Gasteiger partial charge is 0.267 e. The second-order valence-electron chi connectivity index (χ2n) is 5.01. The summed E-state index contributed by atoms with van der Waals surface area (Å²) < 4.78 is 2.51. The average molecular weight is 484 g/mol. The van der Waals surface area contributed by atoms with Crippen LogP contribution in [0.3, 0.4) is 0 Å². The number of thiocarbonyl (C=S) groups is 1. The molecule has 1 heterocycles. The number of rotatable bonds is 4. The van der Waals surface area contributed by atoms with Crippen molar-refractivity contribution >= 4 is 77.8 Å². The van der Waals surface area contributed by atoms with Gasteiger partial charge in [-0.1, -0.05) is 74.0 Å². The molecule has 0 saturated carbocycles. The minimum atomic E-state index is -0.0764. The summed E-state index contributed by atoms with van der Waals surface area (Å²) in [5.74, 6) is -0.0764. The highest BCUT2D eigenvalue weighted by Gasteiger charge is 2.31. The van der Waals surface area contributed by atoms with E-state index in [1.807, 2.05) is 54.6 Å². The minimum absolute atomic E-state index is 0.0764. The van der Waals surface area contributed by atoms with Crippen LogP contribution in [0, 0.1) is 0 Å². The summed E-state index contributed by atoms with van der Waals surface area (Å²) in [5.41, 5.74) is 1.89. The third kappa shape index (κ3) is 4.27. The Labute approximate surface area is 166 Å². The van der Waals surface area contributed by atoms with Crippen LogP contribution in [-0.2, 0) is 4.79 Å². The lowest BCUT2D eigenvalue weighted by Gasteiger charge is -2.16. The molecule has 0 aliphatic carbocycles. The standard InChI is InChI=1S/C17H12Br2N2OS2/c18-12-4-1-3-11(7-12)8-15-16(22)21(17(23)24-15)10-20-14-6-2-5-13(19)9-14/h1-9,20H,10H2. The monoisotopic (exact) mass is 482 g/mol. The Morgan fingerprint density at radius 2 is 1.83 bits per heavy atom. The third-order valence-corrected chi connectivity index (χ3v) is 5.65. The molecule has 24 heavy (non-hydrogen) atoms. The number of carbonyl (C=O) groups is 1. The Morgan fingerprint density at radius 3 is 2.54 bits per heavy atom. The number of nitrogens with zero attached hydrogens (tertiary/aromatic N) is 1. The van der Waals surface area contributed by atoms with Crippen LogP contribution in [0.25, 0.3) is 6.08 Å². The molecule has 1 saturated heterocycles. The van der Waals surface area contributed by atoms with Crippen molar-refractivity contribution in [2.45, 2.75) is 0 Å². The number of hydrogen-bond donors (Lipinski definition) is 1. The average Bonchev–Trinajstić information content (AvgIpc) is 2.79. The quantitative estimate of drug-likeness (QED) is 0.460. The van der Waals surface area contributed by atoms with Crippen LogP contribution < -0.4 is 5.32 Å². The topological polar surface area (TPSA) is 32.3 Å². The highest BCUT2D eigenvalue weighted by atomic mass is 79.9. The fraction of sp³-hybridized carbons (Fsp3) is 0.0588. The number of benzene rings is 2. The number of thioether (sulfide) groups is 1. The summed E-state index contributed by atoms with van der Waals surface area (Å²) in [4.78, 5) is 14.8. The van der Waals surface area contributed by atoms with Crippen molar-refractivity contribution in [2.75, 3.05) is 12.0 Å². The molecule has 0 unspecified atom stereocenters. The van der Waals surface area contributed by atoms with Gasteiger partial charge in [-0.15, -0.1) is 0 Å². The summed E-state index contributed by atoms with van der Waals surface area (Å²) >= 11 is 13.5. The van der Waals surface area contributed by atoms with Crippen molar-refractivity contribution in [3.05, 3.63) is 67.9 Å². The maximum atomic E-state index is 12.6. The molecule has 1 fully saturated rings. The van der Waals surface area contributed by atoms with E-state index in [1.165, 1.54) is 11.8 Å². The lowest BCUT2D eigenvalue weighted by atomic mass is 10.2. The summed E-state index contributed by atoms with van der Waals surface area (Å²) in [6, 6.07) is 15.6. The number of hydrogen-bond acceptors (Lipinski definition) is 4. The van der Waals surface area contributed by atoms with E-state index in [-0.39, 0.29) is 5.91 Å². The molecule has 3 nitrogen and oxygen atoms in total. The van der Waals surface area contributed by atoms with E-state index < -0.39 is 0 Å². The molecule has 0 aromatic heterocycles. The molecule has 0 atom stereocenters. The zero-order valence-corrected chi connectivity index (χ0v) is 17.1. The van der Waals surface area contributed by atoms with Gasteiger partial charge in [-0.2, -0.15) is 0 Å². The Morgan fingerprint density at radius 1 is 1.12 bits per heavy atom. The first kappa shape index (κ1) is 17.7. The fourth-order valence-corrected chi connectivity index (χ4v) is 4.22. The predicted octanol–water partition coefficient (Wildman–Crippen LogP) is 5.48. The highest BCUT2D eigenvalue weighted by molar-refractivity contribution is 9.10. The van der Waals surface area contributed by atoms with E-state index in [4.69, 9.17) is 12.2 Å². The molecular formula is C17H12Br2N2OS2. The predicted molar refractivity (Wildman–Crippen MR) is 112 cm³/mol. The lowest BCUT2D eigenvalue weighted by Crippen LogP contribution is -2.33. The molecular weight excluding hydrogens is 472 g/mol. The maximum Gasteiger partial charge on any atom is 0.267 e. The summed E-state index contributed by atoms with van der Waals surface area (Å²) in [5, 5.41) is 3.22. The van der Waals surface area contributed by atoms with Crippen molar-refractivity contribution in [3.8, 4) is 0 Å². The first-order chi connectivity index (χ1) is 11.5. The number of anilines is 1. The Balaban J connectivity index is 1.72. The largest absolute Gasteiger partial charge is 0.367 e.